The third-order valence-corrected chi connectivity index (χ3v) is 5.43. The molecule has 0 fully saturated rings. The molecular formula is C19H16N3O4S2-. The maximum absolute atomic E-state index is 12.4. The summed E-state index contributed by atoms with van der Waals surface area (Å²) < 4.78 is 2.29. The van der Waals surface area contributed by atoms with Crippen LogP contribution in [0.2, 0.25) is 0 Å². The van der Waals surface area contributed by atoms with Gasteiger partial charge in [0.25, 0.3) is 5.69 Å². The van der Waals surface area contributed by atoms with E-state index in [1.165, 1.54) is 17.4 Å². The Morgan fingerprint density at radius 2 is 1.96 bits per heavy atom. The Balaban J connectivity index is 1.74. The fourth-order valence-electron chi connectivity index (χ4n) is 2.64. The van der Waals surface area contributed by atoms with Gasteiger partial charge in [0.2, 0.25) is 5.91 Å². The minimum atomic E-state index is -0.580. The molecule has 0 unspecified atom stereocenters. The van der Waals surface area contributed by atoms with Crippen LogP contribution in [-0.4, -0.2) is 15.4 Å². The number of aromatic nitrogens is 1. The molecule has 2 aromatic carbocycles. The van der Waals surface area contributed by atoms with Gasteiger partial charge < -0.3 is 15.0 Å². The van der Waals surface area contributed by atoms with Crippen molar-refractivity contribution >= 4 is 35.1 Å². The predicted octanol–water partition coefficient (Wildman–Crippen LogP) is 3.55. The maximum atomic E-state index is 12.4. The van der Waals surface area contributed by atoms with Gasteiger partial charge in [-0.2, -0.15) is 0 Å². The van der Waals surface area contributed by atoms with Crippen LogP contribution in [0.3, 0.4) is 0 Å². The van der Waals surface area contributed by atoms with Crippen LogP contribution in [0, 0.1) is 21.0 Å². The minimum absolute atomic E-state index is 0.00530. The number of carbonyl (C=O) groups is 1. The van der Waals surface area contributed by atoms with Crippen molar-refractivity contribution in [1.82, 2.24) is 9.88 Å². The largest absolute Gasteiger partial charge is 0.872 e. The highest BCUT2D eigenvalue weighted by atomic mass is 32.1. The Morgan fingerprint density at radius 1 is 1.25 bits per heavy atom. The number of nitro benzene ring substituents is 1. The van der Waals surface area contributed by atoms with E-state index in [2.05, 4.69) is 5.32 Å². The van der Waals surface area contributed by atoms with E-state index in [-0.39, 0.29) is 36.0 Å². The van der Waals surface area contributed by atoms with Crippen LogP contribution in [0.25, 0.3) is 11.3 Å². The summed E-state index contributed by atoms with van der Waals surface area (Å²) in [7, 11) is 0. The maximum Gasteiger partial charge on any atom is 0.269 e. The molecule has 0 aliphatic rings. The molecule has 0 saturated heterocycles. The fourth-order valence-corrected chi connectivity index (χ4v) is 3.71. The van der Waals surface area contributed by atoms with Gasteiger partial charge in [0, 0.05) is 24.1 Å². The molecule has 3 aromatic rings. The van der Waals surface area contributed by atoms with Crippen molar-refractivity contribution in [2.45, 2.75) is 20.0 Å². The number of aryl methyl sites for hydroxylation is 1. The van der Waals surface area contributed by atoms with E-state index in [4.69, 9.17) is 12.2 Å². The standard InChI is InChI=1S/C19H17N3O4S2/c1-12-2-4-13(5-3-12)16-11-28-19(27)21(16)10-18(24)20-9-14-8-15(22(25)26)6-7-17(14)23/h2-8,11,23H,9-10H2,1H3,(H,20,24)/p-1. The lowest BCUT2D eigenvalue weighted by Gasteiger charge is -2.14. The van der Waals surface area contributed by atoms with Gasteiger partial charge in [-0.15, -0.1) is 17.1 Å². The molecule has 0 radical (unpaired) electrons. The van der Waals surface area contributed by atoms with Crippen LogP contribution in [0.15, 0.2) is 47.8 Å². The average Bonchev–Trinajstić information content (AvgIpc) is 3.02. The number of non-ortho nitro benzene ring substituents is 1. The molecule has 0 spiro atoms. The number of hydrogen-bond donors (Lipinski definition) is 1. The van der Waals surface area contributed by atoms with E-state index < -0.39 is 4.92 Å². The van der Waals surface area contributed by atoms with Gasteiger partial charge in [-0.05, 0) is 30.3 Å². The molecule has 1 N–H and O–H groups in total. The summed E-state index contributed by atoms with van der Waals surface area (Å²) >= 11 is 6.70. The van der Waals surface area contributed by atoms with Crippen LogP contribution in [0.4, 0.5) is 5.69 Å². The number of carbonyl (C=O) groups excluding carboxylic acids is 1. The van der Waals surface area contributed by atoms with Crippen LogP contribution < -0.4 is 10.4 Å². The van der Waals surface area contributed by atoms with Gasteiger partial charge >= 0.3 is 0 Å². The van der Waals surface area contributed by atoms with Crippen molar-refractivity contribution in [2.24, 2.45) is 0 Å². The van der Waals surface area contributed by atoms with Crippen LogP contribution in [0.1, 0.15) is 11.1 Å². The summed E-state index contributed by atoms with van der Waals surface area (Å²) in [5.74, 6) is -0.702. The summed E-state index contributed by atoms with van der Waals surface area (Å²) in [5.41, 5.74) is 2.89. The van der Waals surface area contributed by atoms with Crippen molar-refractivity contribution in [3.63, 3.8) is 0 Å². The van der Waals surface area contributed by atoms with Crippen LogP contribution >= 0.6 is 23.6 Å². The highest BCUT2D eigenvalue weighted by Crippen LogP contribution is 2.24. The molecule has 1 amide bonds. The van der Waals surface area contributed by atoms with Crippen LogP contribution in [-0.2, 0) is 17.9 Å². The fraction of sp³-hybridized carbons (Fsp3) is 0.158. The van der Waals surface area contributed by atoms with Crippen molar-refractivity contribution in [1.29, 1.82) is 0 Å². The predicted molar refractivity (Wildman–Crippen MR) is 108 cm³/mol. The van der Waals surface area contributed by atoms with Crippen molar-refractivity contribution < 1.29 is 14.8 Å². The molecule has 0 aliphatic heterocycles. The number of benzene rings is 2. The van der Waals surface area contributed by atoms with E-state index in [1.807, 2.05) is 36.6 Å². The third kappa shape index (κ3) is 4.44. The summed E-state index contributed by atoms with van der Waals surface area (Å²) in [6.07, 6.45) is 0. The Bertz CT molecular complexity index is 1090. The first-order valence-corrected chi connectivity index (χ1v) is 9.60. The molecule has 9 heteroatoms. The quantitative estimate of drug-likeness (QED) is 0.378. The normalized spacial score (nSPS) is 10.6. The zero-order valence-corrected chi connectivity index (χ0v) is 16.5. The van der Waals surface area contributed by atoms with Crippen molar-refractivity contribution in [3.8, 4) is 17.0 Å². The molecule has 0 bridgehead atoms. The lowest BCUT2D eigenvalue weighted by molar-refractivity contribution is -0.385. The number of nitrogens with one attached hydrogen (secondary N) is 1. The summed E-state index contributed by atoms with van der Waals surface area (Å²) in [5, 5.41) is 27.2. The van der Waals surface area contributed by atoms with Gasteiger partial charge in [-0.3, -0.25) is 14.9 Å². The Kier molecular flexibility index (Phi) is 5.86. The van der Waals surface area contributed by atoms with E-state index in [9.17, 15) is 20.0 Å². The molecule has 0 aliphatic carbocycles. The monoisotopic (exact) mass is 414 g/mol. The Labute approximate surface area is 170 Å². The van der Waals surface area contributed by atoms with Gasteiger partial charge in [0.1, 0.15) is 6.54 Å². The second-order valence-corrected chi connectivity index (χ2v) is 7.67. The lowest BCUT2D eigenvalue weighted by Crippen LogP contribution is -2.27. The molecular weight excluding hydrogens is 398 g/mol. The van der Waals surface area contributed by atoms with E-state index >= 15 is 0 Å². The van der Waals surface area contributed by atoms with Gasteiger partial charge in [-0.1, -0.05) is 35.9 Å². The van der Waals surface area contributed by atoms with Gasteiger partial charge in [0.05, 0.1) is 10.6 Å². The van der Waals surface area contributed by atoms with Crippen LogP contribution in [0.5, 0.6) is 5.75 Å². The topological polar surface area (TPSA) is 100 Å². The number of hydrogen-bond acceptors (Lipinski definition) is 6. The summed E-state index contributed by atoms with van der Waals surface area (Å²) in [6.45, 7) is 1.90. The molecule has 28 heavy (non-hydrogen) atoms. The average molecular weight is 414 g/mol. The number of amides is 1. The first-order chi connectivity index (χ1) is 13.3. The summed E-state index contributed by atoms with van der Waals surface area (Å²) in [6, 6.07) is 11.4. The molecule has 0 saturated carbocycles. The Morgan fingerprint density at radius 3 is 2.64 bits per heavy atom. The van der Waals surface area contributed by atoms with E-state index in [0.29, 0.717) is 3.95 Å². The number of nitrogens with zero attached hydrogens (tertiary/aromatic N) is 2. The second-order valence-electron chi connectivity index (χ2n) is 6.16. The summed E-state index contributed by atoms with van der Waals surface area (Å²) in [4.78, 5) is 22.7. The first kappa shape index (κ1) is 19.7. The second kappa shape index (κ2) is 8.32. The lowest BCUT2D eigenvalue weighted by atomic mass is 10.1. The van der Waals surface area contributed by atoms with Crippen molar-refractivity contribution in [2.75, 3.05) is 0 Å². The van der Waals surface area contributed by atoms with Gasteiger partial charge in [-0.25, -0.2) is 0 Å². The first-order valence-electron chi connectivity index (χ1n) is 8.31. The number of rotatable bonds is 6. The molecule has 144 valence electrons. The molecule has 3 rings (SSSR count). The molecule has 0 atom stereocenters. The highest BCUT2D eigenvalue weighted by Gasteiger charge is 2.12. The zero-order valence-electron chi connectivity index (χ0n) is 14.9. The SMILES string of the molecule is Cc1ccc(-c2csc(=S)n2CC(=O)NCc2cc([N+](=O)[O-])ccc2[O-])cc1. The molecule has 7 nitrogen and oxygen atoms in total. The number of nitro groups is 1. The zero-order chi connectivity index (χ0) is 20.3. The molecule has 1 aromatic heterocycles. The van der Waals surface area contributed by atoms with Gasteiger partial charge in [0.15, 0.2) is 3.95 Å². The third-order valence-electron chi connectivity index (χ3n) is 4.16. The van der Waals surface area contributed by atoms with E-state index in [0.717, 1.165) is 29.0 Å². The minimum Gasteiger partial charge on any atom is -0.872 e. The van der Waals surface area contributed by atoms with E-state index in [1.54, 1.807) is 4.57 Å². The Hall–Kier alpha value is -3.04. The highest BCUT2D eigenvalue weighted by molar-refractivity contribution is 7.73. The molecule has 1 heterocycles. The number of thiazole rings is 1. The smallest absolute Gasteiger partial charge is 0.269 e. The van der Waals surface area contributed by atoms with Crippen molar-refractivity contribution in [3.05, 3.63) is 73.0 Å².